The van der Waals surface area contributed by atoms with Crippen LogP contribution in [0.4, 0.5) is 5.69 Å². The fourth-order valence-electron chi connectivity index (χ4n) is 3.32. The molecule has 0 saturated heterocycles. The summed E-state index contributed by atoms with van der Waals surface area (Å²) in [5.41, 5.74) is 0.343. The van der Waals surface area contributed by atoms with E-state index in [2.05, 4.69) is 0 Å². The second-order valence-electron chi connectivity index (χ2n) is 7.85. The SMILES string of the molecule is CCOP(=O)(OCC)C1=C(SCC)S[C@H](OC(C)(C)C)C[C@@H]1c1ccc([N+](=O)[O-])cc1. The molecular formula is C21H32NO6PS2. The van der Waals surface area contributed by atoms with E-state index in [9.17, 15) is 14.7 Å². The quantitative estimate of drug-likeness (QED) is 0.195. The maximum atomic E-state index is 13.9. The molecule has 1 aliphatic rings. The van der Waals surface area contributed by atoms with E-state index in [1.54, 1.807) is 49.5 Å². The van der Waals surface area contributed by atoms with Gasteiger partial charge in [0.2, 0.25) is 0 Å². The zero-order valence-corrected chi connectivity index (χ0v) is 21.5. The van der Waals surface area contributed by atoms with Gasteiger partial charge in [0, 0.05) is 18.1 Å². The van der Waals surface area contributed by atoms with Gasteiger partial charge in [-0.3, -0.25) is 14.7 Å². The Bertz CT molecular complexity index is 827. The molecule has 1 aliphatic heterocycles. The maximum Gasteiger partial charge on any atom is 0.359 e. The minimum atomic E-state index is -3.56. The lowest BCUT2D eigenvalue weighted by molar-refractivity contribution is -0.384. The van der Waals surface area contributed by atoms with Crippen LogP contribution in [0.1, 0.15) is 59.4 Å². The minimum absolute atomic E-state index is 0.0166. The average Bonchev–Trinajstić information content (AvgIpc) is 2.67. The Morgan fingerprint density at radius 3 is 2.19 bits per heavy atom. The van der Waals surface area contributed by atoms with Gasteiger partial charge in [0.25, 0.3) is 5.69 Å². The monoisotopic (exact) mass is 489 g/mol. The van der Waals surface area contributed by atoms with Gasteiger partial charge in [0.1, 0.15) is 5.44 Å². The molecule has 2 atom stereocenters. The molecule has 0 radical (unpaired) electrons. The highest BCUT2D eigenvalue weighted by atomic mass is 32.2. The highest BCUT2D eigenvalue weighted by Gasteiger charge is 2.44. The molecule has 7 nitrogen and oxygen atoms in total. The first-order valence-corrected chi connectivity index (χ1v) is 13.8. The third-order valence-electron chi connectivity index (χ3n) is 4.37. The average molecular weight is 490 g/mol. The van der Waals surface area contributed by atoms with Crippen LogP contribution in [0.3, 0.4) is 0 Å². The Balaban J connectivity index is 2.63. The summed E-state index contributed by atoms with van der Waals surface area (Å²) in [6.45, 7) is 12.2. The smallest absolute Gasteiger partial charge is 0.359 e. The first-order chi connectivity index (χ1) is 14.5. The number of rotatable bonds is 10. The predicted octanol–water partition coefficient (Wildman–Crippen LogP) is 7.14. The van der Waals surface area contributed by atoms with Crippen molar-refractivity contribution < 1.29 is 23.3 Å². The molecule has 0 saturated carbocycles. The predicted molar refractivity (Wildman–Crippen MR) is 129 cm³/mol. The number of hydrogen-bond acceptors (Lipinski definition) is 8. The van der Waals surface area contributed by atoms with Crippen LogP contribution in [0.5, 0.6) is 0 Å². The van der Waals surface area contributed by atoms with E-state index >= 15 is 0 Å². The molecule has 10 heteroatoms. The molecule has 0 aromatic heterocycles. The molecule has 0 spiro atoms. The minimum Gasteiger partial charge on any atom is -0.362 e. The molecule has 1 heterocycles. The number of thioether (sulfide) groups is 2. The summed E-state index contributed by atoms with van der Waals surface area (Å²) in [5.74, 6) is 0.492. The Morgan fingerprint density at radius 2 is 1.74 bits per heavy atom. The van der Waals surface area contributed by atoms with Gasteiger partial charge >= 0.3 is 7.60 Å². The molecule has 31 heavy (non-hydrogen) atoms. The molecule has 0 bridgehead atoms. The Morgan fingerprint density at radius 1 is 1.16 bits per heavy atom. The van der Waals surface area contributed by atoms with Gasteiger partial charge in [-0.25, -0.2) is 0 Å². The third kappa shape index (κ3) is 7.07. The van der Waals surface area contributed by atoms with E-state index in [4.69, 9.17) is 13.8 Å². The number of hydrogen-bond donors (Lipinski definition) is 0. The summed E-state index contributed by atoms with van der Waals surface area (Å²) < 4.78 is 32.6. The van der Waals surface area contributed by atoms with Gasteiger partial charge in [-0.05, 0) is 52.4 Å². The van der Waals surface area contributed by atoms with Gasteiger partial charge in [-0.2, -0.15) is 0 Å². The zero-order valence-electron chi connectivity index (χ0n) is 19.0. The topological polar surface area (TPSA) is 87.9 Å². The Kier molecular flexibility index (Phi) is 9.67. The second-order valence-corrected chi connectivity index (χ2v) is 12.5. The highest BCUT2D eigenvalue weighted by Crippen LogP contribution is 2.67. The van der Waals surface area contributed by atoms with Crippen LogP contribution in [0.25, 0.3) is 0 Å². The summed E-state index contributed by atoms with van der Waals surface area (Å²) in [4.78, 5) is 10.7. The van der Waals surface area contributed by atoms with E-state index in [0.717, 1.165) is 15.6 Å². The number of nitrogens with zero attached hydrogens (tertiary/aromatic N) is 1. The summed E-state index contributed by atoms with van der Waals surface area (Å²) in [7, 11) is -3.56. The standard InChI is InChI=1S/C21H32NO6PS2/c1-7-26-29(25,27-8-2)19-17(15-10-12-16(13-11-15)22(23)24)14-18(28-21(4,5)6)31-20(19)30-9-3/h10-13,17-18H,7-9,14H2,1-6H3/t17-,18+/m1/s1. The molecule has 0 N–H and O–H groups in total. The maximum absolute atomic E-state index is 13.9. The number of nitro groups is 1. The number of benzene rings is 1. The van der Waals surface area contributed by atoms with Crippen molar-refractivity contribution in [2.75, 3.05) is 19.0 Å². The zero-order chi connectivity index (χ0) is 23.2. The van der Waals surface area contributed by atoms with Crippen molar-refractivity contribution in [3.8, 4) is 0 Å². The first-order valence-electron chi connectivity index (χ1n) is 10.4. The van der Waals surface area contributed by atoms with Crippen LogP contribution < -0.4 is 0 Å². The van der Waals surface area contributed by atoms with Crippen molar-refractivity contribution in [1.29, 1.82) is 0 Å². The van der Waals surface area contributed by atoms with Crippen LogP contribution in [-0.4, -0.2) is 34.9 Å². The summed E-state index contributed by atoms with van der Waals surface area (Å²) in [6, 6.07) is 6.41. The molecule has 1 aromatic carbocycles. The van der Waals surface area contributed by atoms with Crippen molar-refractivity contribution in [3.63, 3.8) is 0 Å². The molecular weight excluding hydrogens is 457 g/mol. The van der Waals surface area contributed by atoms with Crippen LogP contribution in [0, 0.1) is 10.1 Å². The summed E-state index contributed by atoms with van der Waals surface area (Å²) in [5, 5.41) is 11.7. The second kappa shape index (κ2) is 11.3. The van der Waals surface area contributed by atoms with Crippen molar-refractivity contribution >= 4 is 36.8 Å². The molecule has 174 valence electrons. The highest BCUT2D eigenvalue weighted by molar-refractivity contribution is 8.22. The lowest BCUT2D eigenvalue weighted by Gasteiger charge is -2.38. The van der Waals surface area contributed by atoms with Gasteiger partial charge in [-0.15, -0.1) is 11.8 Å². The molecule has 1 aromatic rings. The van der Waals surface area contributed by atoms with Crippen LogP contribution >= 0.6 is 31.1 Å². The largest absolute Gasteiger partial charge is 0.362 e. The van der Waals surface area contributed by atoms with E-state index in [1.807, 2.05) is 27.7 Å². The number of allylic oxidation sites excluding steroid dienone is 1. The molecule has 0 aliphatic carbocycles. The van der Waals surface area contributed by atoms with E-state index in [0.29, 0.717) is 11.7 Å². The summed E-state index contributed by atoms with van der Waals surface area (Å²) >= 11 is 3.15. The van der Waals surface area contributed by atoms with Gasteiger partial charge in [0.15, 0.2) is 0 Å². The molecule has 0 fully saturated rings. The molecule has 0 unspecified atom stereocenters. The molecule has 2 rings (SSSR count). The van der Waals surface area contributed by atoms with E-state index < -0.39 is 12.5 Å². The third-order valence-corrected chi connectivity index (χ3v) is 9.39. The van der Waals surface area contributed by atoms with Gasteiger partial charge in [0.05, 0.1) is 33.3 Å². The van der Waals surface area contributed by atoms with Crippen molar-refractivity contribution in [3.05, 3.63) is 49.5 Å². The lowest BCUT2D eigenvalue weighted by atomic mass is 9.95. The van der Waals surface area contributed by atoms with Gasteiger partial charge in [-0.1, -0.05) is 30.8 Å². The van der Waals surface area contributed by atoms with Crippen molar-refractivity contribution in [1.82, 2.24) is 0 Å². The normalized spacial score (nSPS) is 20.2. The van der Waals surface area contributed by atoms with Crippen molar-refractivity contribution in [2.24, 2.45) is 0 Å². The first kappa shape index (κ1) is 26.4. The van der Waals surface area contributed by atoms with E-state index in [-0.39, 0.29) is 35.9 Å². The summed E-state index contributed by atoms with van der Waals surface area (Å²) in [6.07, 6.45) is 0.562. The fourth-order valence-corrected chi connectivity index (χ4v) is 8.86. The molecule has 0 amide bonds. The Labute approximate surface area is 193 Å². The van der Waals surface area contributed by atoms with E-state index in [1.165, 1.54) is 12.1 Å². The Hall–Kier alpha value is -0.830. The lowest BCUT2D eigenvalue weighted by Crippen LogP contribution is -2.29. The fraction of sp³-hybridized carbons (Fsp3) is 0.619. The van der Waals surface area contributed by atoms with Crippen molar-refractivity contribution in [2.45, 2.75) is 64.9 Å². The van der Waals surface area contributed by atoms with Crippen LogP contribution in [0.2, 0.25) is 0 Å². The van der Waals surface area contributed by atoms with Crippen LogP contribution in [-0.2, 0) is 18.3 Å². The van der Waals surface area contributed by atoms with Gasteiger partial charge < -0.3 is 13.8 Å². The number of non-ortho nitro benzene ring substituents is 1. The van der Waals surface area contributed by atoms with Crippen LogP contribution in [0.15, 0.2) is 33.8 Å². The number of ether oxygens (including phenoxy) is 1. The number of nitro benzene ring substituents is 1.